The minimum atomic E-state index is -0.267. The zero-order valence-electron chi connectivity index (χ0n) is 35.1. The van der Waals surface area contributed by atoms with Gasteiger partial charge in [0.15, 0.2) is 0 Å². The molecule has 1 heterocycles. The number of hydrogen-bond donors (Lipinski definition) is 0. The lowest BCUT2D eigenvalue weighted by Crippen LogP contribution is -2.18. The molecule has 0 spiro atoms. The summed E-state index contributed by atoms with van der Waals surface area (Å²) >= 11 is 0. The molecule has 60 heavy (non-hydrogen) atoms. The molecular weight excluding hydrogens is 725 g/mol. The molecule has 1 aromatic heterocycles. The second-order valence-electron chi connectivity index (χ2n) is 19.1. The van der Waals surface area contributed by atoms with Gasteiger partial charge in [-0.1, -0.05) is 143 Å². The third kappa shape index (κ3) is 5.67. The Hall–Kier alpha value is -5.86. The van der Waals surface area contributed by atoms with Crippen molar-refractivity contribution in [1.82, 2.24) is 4.57 Å². The molecule has 3 saturated carbocycles. The van der Waals surface area contributed by atoms with Gasteiger partial charge in [-0.25, -0.2) is 0 Å². The normalized spacial score (nSPS) is 20.5. The maximum atomic E-state index is 2.58. The number of aromatic nitrogens is 1. The van der Waals surface area contributed by atoms with Gasteiger partial charge in [-0.05, 0) is 149 Å². The molecule has 2 bridgehead atoms. The number of hydrogen-bond acceptors (Lipinski definition) is 1. The maximum absolute atomic E-state index is 2.58. The molecule has 2 nitrogen and oxygen atoms in total. The van der Waals surface area contributed by atoms with E-state index in [-0.39, 0.29) is 5.41 Å². The summed E-state index contributed by atoms with van der Waals surface area (Å²) in [6, 6.07) is 60.4. The SMILES string of the molecule is CC1(C)c2cc(N(c3ccc(C4CCCCC4)cc3)c3ccc(C4CC5CCC4C5)cc3)c(-c3ccccc3)cc2-c2ccc3c4ccccc4n(-c4ccccc4)c3c21. The van der Waals surface area contributed by atoms with E-state index in [0.29, 0.717) is 11.8 Å². The Morgan fingerprint density at radius 2 is 1.23 bits per heavy atom. The van der Waals surface area contributed by atoms with Gasteiger partial charge in [0.05, 0.1) is 16.7 Å². The van der Waals surface area contributed by atoms with Gasteiger partial charge < -0.3 is 9.47 Å². The zero-order valence-corrected chi connectivity index (χ0v) is 35.1. The molecule has 12 rings (SSSR count). The summed E-state index contributed by atoms with van der Waals surface area (Å²) in [5.41, 5.74) is 18.2. The topological polar surface area (TPSA) is 8.17 Å². The van der Waals surface area contributed by atoms with Crippen LogP contribution >= 0.6 is 0 Å². The molecular formula is C58H54N2. The van der Waals surface area contributed by atoms with Gasteiger partial charge >= 0.3 is 0 Å². The van der Waals surface area contributed by atoms with Crippen LogP contribution in [-0.2, 0) is 5.41 Å². The Morgan fingerprint density at radius 1 is 0.550 bits per heavy atom. The smallest absolute Gasteiger partial charge is 0.0588 e. The number of fused-ring (bicyclic) bond motifs is 9. The Kier molecular flexibility index (Phi) is 8.48. The third-order valence-electron chi connectivity index (χ3n) is 15.4. The highest BCUT2D eigenvalue weighted by molar-refractivity contribution is 6.13. The summed E-state index contributed by atoms with van der Waals surface area (Å²) in [7, 11) is 0. The van der Waals surface area contributed by atoms with Crippen molar-refractivity contribution in [3.63, 3.8) is 0 Å². The molecule has 0 aliphatic heterocycles. The fourth-order valence-electron chi connectivity index (χ4n) is 12.5. The van der Waals surface area contributed by atoms with Crippen LogP contribution in [0.1, 0.15) is 106 Å². The van der Waals surface area contributed by atoms with Crippen molar-refractivity contribution < 1.29 is 0 Å². The molecule has 2 heteroatoms. The van der Waals surface area contributed by atoms with E-state index in [0.717, 1.165) is 11.8 Å². The first-order valence-corrected chi connectivity index (χ1v) is 22.9. The molecule has 3 unspecified atom stereocenters. The van der Waals surface area contributed by atoms with Gasteiger partial charge in [0.1, 0.15) is 0 Å². The second-order valence-corrected chi connectivity index (χ2v) is 19.1. The zero-order chi connectivity index (χ0) is 40.0. The largest absolute Gasteiger partial charge is 0.310 e. The molecule has 8 aromatic rings. The first-order chi connectivity index (χ1) is 29.5. The fourth-order valence-corrected chi connectivity index (χ4v) is 12.5. The van der Waals surface area contributed by atoms with Crippen LogP contribution in [0.3, 0.4) is 0 Å². The molecule has 296 valence electrons. The highest BCUT2D eigenvalue weighted by atomic mass is 15.1. The van der Waals surface area contributed by atoms with Gasteiger partial charge in [-0.15, -0.1) is 0 Å². The number of rotatable bonds is 7. The Labute approximate surface area is 355 Å². The maximum Gasteiger partial charge on any atom is 0.0588 e. The fraction of sp³-hybridized carbons (Fsp3) is 0.276. The molecule has 0 saturated heterocycles. The minimum Gasteiger partial charge on any atom is -0.310 e. The van der Waals surface area contributed by atoms with Crippen LogP contribution in [0.2, 0.25) is 0 Å². The van der Waals surface area contributed by atoms with E-state index in [4.69, 9.17) is 0 Å². The van der Waals surface area contributed by atoms with Crippen LogP contribution in [0.15, 0.2) is 158 Å². The number of para-hydroxylation sites is 2. The summed E-state index contributed by atoms with van der Waals surface area (Å²) < 4.78 is 2.52. The standard InChI is InChI=1S/C58H54N2/c1-58(2)53-37-55(59(45-28-24-40(25-29-45)39-14-6-3-7-15-39)46-30-26-42(27-31-46)50-35-38-22-23-43(50)34-38)51(41-16-8-4-9-17-41)36-52(53)48-32-33-49-47-20-12-13-21-54(47)60(57(49)56(48)58)44-18-10-5-11-19-44/h4-5,8-13,16-21,24-33,36-39,43,50H,3,6-7,14-15,22-23,34-35H2,1-2H3. The van der Waals surface area contributed by atoms with Crippen LogP contribution in [0.5, 0.6) is 0 Å². The average Bonchev–Trinajstić information content (AvgIpc) is 4.08. The summed E-state index contributed by atoms with van der Waals surface area (Å²) in [6.45, 7) is 4.92. The van der Waals surface area contributed by atoms with Crippen LogP contribution in [0, 0.1) is 11.8 Å². The summed E-state index contributed by atoms with van der Waals surface area (Å²) in [6.07, 6.45) is 12.3. The number of nitrogens with zero attached hydrogens (tertiary/aromatic N) is 2. The molecule has 4 aliphatic rings. The van der Waals surface area contributed by atoms with E-state index < -0.39 is 0 Å². The predicted octanol–water partition coefficient (Wildman–Crippen LogP) is 16.2. The van der Waals surface area contributed by atoms with Crippen LogP contribution in [-0.4, -0.2) is 4.57 Å². The van der Waals surface area contributed by atoms with Crippen molar-refractivity contribution >= 4 is 38.9 Å². The number of benzene rings is 7. The van der Waals surface area contributed by atoms with Gasteiger partial charge in [-0.2, -0.15) is 0 Å². The Bertz CT molecular complexity index is 2880. The van der Waals surface area contributed by atoms with Crippen molar-refractivity contribution in [1.29, 1.82) is 0 Å². The number of anilines is 3. The molecule has 7 aromatic carbocycles. The van der Waals surface area contributed by atoms with Gasteiger partial charge in [0.25, 0.3) is 0 Å². The molecule has 0 N–H and O–H groups in total. The quantitative estimate of drug-likeness (QED) is 0.156. The predicted molar refractivity (Wildman–Crippen MR) is 252 cm³/mol. The van der Waals surface area contributed by atoms with Gasteiger partial charge in [0.2, 0.25) is 0 Å². The average molecular weight is 779 g/mol. The monoisotopic (exact) mass is 778 g/mol. The summed E-state index contributed by atoms with van der Waals surface area (Å²) in [5.74, 6) is 3.18. The van der Waals surface area contributed by atoms with E-state index in [1.807, 2.05) is 0 Å². The van der Waals surface area contributed by atoms with Crippen LogP contribution < -0.4 is 4.90 Å². The van der Waals surface area contributed by atoms with Crippen LogP contribution in [0.25, 0.3) is 49.7 Å². The van der Waals surface area contributed by atoms with Crippen molar-refractivity contribution in [2.75, 3.05) is 4.90 Å². The van der Waals surface area contributed by atoms with Crippen molar-refractivity contribution in [2.45, 2.75) is 88.9 Å². The first-order valence-electron chi connectivity index (χ1n) is 22.9. The first kappa shape index (κ1) is 36.0. The molecule has 0 amide bonds. The molecule has 0 radical (unpaired) electrons. The van der Waals surface area contributed by atoms with Crippen molar-refractivity contribution in [3.05, 3.63) is 180 Å². The highest BCUT2D eigenvalue weighted by Gasteiger charge is 2.41. The molecule has 3 fully saturated rings. The van der Waals surface area contributed by atoms with Crippen molar-refractivity contribution in [2.24, 2.45) is 11.8 Å². The Morgan fingerprint density at radius 3 is 1.93 bits per heavy atom. The van der Waals surface area contributed by atoms with Crippen molar-refractivity contribution in [3.8, 4) is 27.9 Å². The molecule has 3 atom stereocenters. The van der Waals surface area contributed by atoms with E-state index in [1.54, 1.807) is 0 Å². The third-order valence-corrected chi connectivity index (χ3v) is 15.4. The molecule has 4 aliphatic carbocycles. The lowest BCUT2D eigenvalue weighted by atomic mass is 9.80. The van der Waals surface area contributed by atoms with E-state index >= 15 is 0 Å². The second kappa shape index (κ2) is 14.1. The van der Waals surface area contributed by atoms with Gasteiger partial charge in [0, 0.05) is 38.8 Å². The summed E-state index contributed by atoms with van der Waals surface area (Å²) in [5, 5.41) is 2.61. The lowest BCUT2D eigenvalue weighted by Gasteiger charge is -2.31. The Balaban J connectivity index is 1.07. The van der Waals surface area contributed by atoms with E-state index in [1.165, 1.54) is 147 Å². The lowest BCUT2D eigenvalue weighted by molar-refractivity contribution is 0.420. The van der Waals surface area contributed by atoms with Gasteiger partial charge in [-0.3, -0.25) is 0 Å². The van der Waals surface area contributed by atoms with Crippen LogP contribution in [0.4, 0.5) is 17.1 Å². The minimum absolute atomic E-state index is 0.267. The van der Waals surface area contributed by atoms with E-state index in [9.17, 15) is 0 Å². The van der Waals surface area contributed by atoms with E-state index in [2.05, 4.69) is 181 Å². The summed E-state index contributed by atoms with van der Waals surface area (Å²) in [4.78, 5) is 2.58. The highest BCUT2D eigenvalue weighted by Crippen LogP contribution is 2.57.